The van der Waals surface area contributed by atoms with E-state index in [0.717, 1.165) is 60.1 Å². The molecule has 25 heavy (non-hydrogen) atoms. The summed E-state index contributed by atoms with van der Waals surface area (Å²) in [7, 11) is 0. The Balaban J connectivity index is 1.62. The third-order valence-electron chi connectivity index (χ3n) is 4.54. The number of nitrogens with one attached hydrogen (secondary N) is 3. The van der Waals surface area contributed by atoms with Gasteiger partial charge in [0.2, 0.25) is 5.95 Å². The first-order valence-corrected chi connectivity index (χ1v) is 8.72. The van der Waals surface area contributed by atoms with E-state index in [0.29, 0.717) is 6.04 Å². The maximum absolute atomic E-state index is 4.76. The van der Waals surface area contributed by atoms with Gasteiger partial charge in [-0.15, -0.1) is 0 Å². The van der Waals surface area contributed by atoms with Crippen LogP contribution in [0.2, 0.25) is 0 Å². The fourth-order valence-electron chi connectivity index (χ4n) is 3.23. The number of anilines is 3. The number of hydrogen-bond donors (Lipinski definition) is 3. The molecule has 0 amide bonds. The highest BCUT2D eigenvalue weighted by Crippen LogP contribution is 2.23. The van der Waals surface area contributed by atoms with E-state index in [1.54, 1.807) is 0 Å². The topological polar surface area (TPSA) is 81.8 Å². The van der Waals surface area contributed by atoms with Crippen LogP contribution in [-0.2, 0) is 0 Å². The van der Waals surface area contributed by atoms with Crippen LogP contribution in [0.3, 0.4) is 0 Å². The van der Waals surface area contributed by atoms with Crippen LogP contribution in [0, 0.1) is 6.92 Å². The second-order valence-electron chi connectivity index (χ2n) is 6.59. The van der Waals surface area contributed by atoms with E-state index < -0.39 is 0 Å². The molecule has 1 aliphatic rings. The second kappa shape index (κ2) is 6.68. The summed E-state index contributed by atoms with van der Waals surface area (Å²) in [5.41, 5.74) is 2.97. The molecule has 1 unspecified atom stereocenters. The van der Waals surface area contributed by atoms with Crippen molar-refractivity contribution in [3.8, 4) is 0 Å². The number of hydrogen-bond acceptors (Lipinski definition) is 6. The minimum atomic E-state index is 0.374. The van der Waals surface area contributed by atoms with Crippen LogP contribution in [0.5, 0.6) is 0 Å². The number of rotatable bonds is 3. The van der Waals surface area contributed by atoms with Crippen molar-refractivity contribution in [2.75, 3.05) is 29.9 Å². The van der Waals surface area contributed by atoms with E-state index >= 15 is 0 Å². The van der Waals surface area contributed by atoms with Gasteiger partial charge >= 0.3 is 0 Å². The fraction of sp³-hybridized carbons (Fsp3) is 0.389. The molecule has 3 N–H and O–H groups in total. The molecule has 1 fully saturated rings. The van der Waals surface area contributed by atoms with Crippen molar-refractivity contribution in [3.63, 3.8) is 0 Å². The molecule has 0 spiro atoms. The van der Waals surface area contributed by atoms with E-state index in [2.05, 4.69) is 43.7 Å². The van der Waals surface area contributed by atoms with Gasteiger partial charge in [-0.1, -0.05) is 0 Å². The molecular weight excluding hydrogens is 314 g/mol. The number of aromatic amines is 1. The lowest BCUT2D eigenvalue weighted by Gasteiger charge is -2.27. The Hall–Kier alpha value is -2.67. The zero-order valence-electron chi connectivity index (χ0n) is 14.6. The molecule has 130 valence electrons. The minimum absolute atomic E-state index is 0.374. The molecule has 3 aromatic rings. The largest absolute Gasteiger partial charge is 0.340 e. The average molecular weight is 337 g/mol. The van der Waals surface area contributed by atoms with Gasteiger partial charge in [0.1, 0.15) is 5.82 Å². The minimum Gasteiger partial charge on any atom is -0.340 e. The van der Waals surface area contributed by atoms with Gasteiger partial charge in [0, 0.05) is 42.0 Å². The van der Waals surface area contributed by atoms with Gasteiger partial charge in [-0.2, -0.15) is 10.1 Å². The van der Waals surface area contributed by atoms with Crippen LogP contribution in [0.25, 0.3) is 10.9 Å². The van der Waals surface area contributed by atoms with Crippen LogP contribution in [0.4, 0.5) is 17.5 Å². The molecule has 0 aliphatic carbocycles. The van der Waals surface area contributed by atoms with Gasteiger partial charge in [-0.25, -0.2) is 4.98 Å². The van der Waals surface area contributed by atoms with Crippen molar-refractivity contribution in [2.45, 2.75) is 26.3 Å². The molecule has 0 bridgehead atoms. The van der Waals surface area contributed by atoms with E-state index in [1.165, 1.54) is 0 Å². The van der Waals surface area contributed by atoms with E-state index in [9.17, 15) is 0 Å². The number of aromatic nitrogens is 4. The normalized spacial score (nSPS) is 18.3. The monoisotopic (exact) mass is 337 g/mol. The van der Waals surface area contributed by atoms with Crippen molar-refractivity contribution in [1.29, 1.82) is 0 Å². The summed E-state index contributed by atoms with van der Waals surface area (Å²) in [6, 6.07) is 8.45. The highest BCUT2D eigenvalue weighted by Gasteiger charge is 2.20. The quantitative estimate of drug-likeness (QED) is 0.681. The first kappa shape index (κ1) is 15.8. The SMILES string of the molecule is Cc1cc(Nc2ccc3[nH]ncc3c2)nc(N2CCCNCC2C)n1. The van der Waals surface area contributed by atoms with E-state index in [4.69, 9.17) is 4.98 Å². The summed E-state index contributed by atoms with van der Waals surface area (Å²) in [4.78, 5) is 11.7. The molecule has 0 saturated carbocycles. The molecule has 0 radical (unpaired) electrons. The van der Waals surface area contributed by atoms with Crippen LogP contribution < -0.4 is 15.5 Å². The Morgan fingerprint density at radius 1 is 1.24 bits per heavy atom. The Bertz CT molecular complexity index is 873. The summed E-state index contributed by atoms with van der Waals surface area (Å²) in [6.45, 7) is 7.19. The van der Waals surface area contributed by atoms with E-state index in [-0.39, 0.29) is 0 Å². The van der Waals surface area contributed by atoms with E-state index in [1.807, 2.05) is 31.3 Å². The van der Waals surface area contributed by atoms with Crippen molar-refractivity contribution in [3.05, 3.63) is 36.2 Å². The van der Waals surface area contributed by atoms with Crippen molar-refractivity contribution in [1.82, 2.24) is 25.5 Å². The number of benzene rings is 1. The first-order valence-electron chi connectivity index (χ1n) is 8.72. The lowest BCUT2D eigenvalue weighted by Crippen LogP contribution is -2.38. The van der Waals surface area contributed by atoms with Gasteiger partial charge in [-0.05, 0) is 45.0 Å². The zero-order valence-corrected chi connectivity index (χ0v) is 14.6. The maximum atomic E-state index is 4.76. The lowest BCUT2D eigenvalue weighted by atomic mass is 10.2. The highest BCUT2D eigenvalue weighted by molar-refractivity contribution is 5.82. The third kappa shape index (κ3) is 3.41. The fourth-order valence-corrected chi connectivity index (χ4v) is 3.23. The Kier molecular flexibility index (Phi) is 4.23. The smallest absolute Gasteiger partial charge is 0.227 e. The zero-order chi connectivity index (χ0) is 17.2. The summed E-state index contributed by atoms with van der Waals surface area (Å²) in [5.74, 6) is 1.61. The van der Waals surface area contributed by atoms with Crippen molar-refractivity contribution < 1.29 is 0 Å². The molecule has 7 nitrogen and oxygen atoms in total. The molecule has 1 aliphatic heterocycles. The number of H-pyrrole nitrogens is 1. The Labute approximate surface area is 146 Å². The summed E-state index contributed by atoms with van der Waals surface area (Å²) in [6.07, 6.45) is 2.92. The van der Waals surface area contributed by atoms with Gasteiger partial charge in [-0.3, -0.25) is 5.10 Å². The van der Waals surface area contributed by atoms with Crippen molar-refractivity contribution >= 4 is 28.4 Å². The van der Waals surface area contributed by atoms with Gasteiger partial charge in [0.15, 0.2) is 0 Å². The van der Waals surface area contributed by atoms with Gasteiger partial charge < -0.3 is 15.5 Å². The van der Waals surface area contributed by atoms with Crippen LogP contribution >= 0.6 is 0 Å². The maximum Gasteiger partial charge on any atom is 0.227 e. The first-order chi connectivity index (χ1) is 12.2. The second-order valence-corrected chi connectivity index (χ2v) is 6.59. The lowest BCUT2D eigenvalue weighted by molar-refractivity contribution is 0.619. The Morgan fingerprint density at radius 2 is 2.16 bits per heavy atom. The number of fused-ring (bicyclic) bond motifs is 1. The number of aryl methyl sites for hydroxylation is 1. The summed E-state index contributed by atoms with van der Waals surface area (Å²) >= 11 is 0. The summed E-state index contributed by atoms with van der Waals surface area (Å²) in [5, 5.41) is 15.0. The summed E-state index contributed by atoms with van der Waals surface area (Å²) < 4.78 is 0. The predicted octanol–water partition coefficient (Wildman–Crippen LogP) is 2.59. The van der Waals surface area contributed by atoms with Crippen LogP contribution in [0.15, 0.2) is 30.5 Å². The highest BCUT2D eigenvalue weighted by atomic mass is 15.3. The molecule has 1 saturated heterocycles. The molecule has 7 heteroatoms. The molecule has 4 rings (SSSR count). The van der Waals surface area contributed by atoms with Gasteiger partial charge in [0.25, 0.3) is 0 Å². The predicted molar refractivity (Wildman–Crippen MR) is 100 cm³/mol. The molecule has 2 aromatic heterocycles. The Morgan fingerprint density at radius 3 is 3.08 bits per heavy atom. The van der Waals surface area contributed by atoms with Gasteiger partial charge in [0.05, 0.1) is 11.7 Å². The van der Waals surface area contributed by atoms with Crippen molar-refractivity contribution in [2.24, 2.45) is 0 Å². The molecule has 1 aromatic carbocycles. The standard InChI is InChI=1S/C18H23N7/c1-12-8-17(22-15-4-5-16-14(9-15)11-20-24-16)23-18(21-12)25-7-3-6-19-10-13(25)2/h4-5,8-9,11,13,19H,3,6-7,10H2,1-2H3,(H,20,24)(H,21,22,23). The molecule has 1 atom stereocenters. The van der Waals surface area contributed by atoms with Crippen LogP contribution in [0.1, 0.15) is 19.0 Å². The third-order valence-corrected chi connectivity index (χ3v) is 4.54. The van der Waals surface area contributed by atoms with Crippen LogP contribution in [-0.4, -0.2) is 45.8 Å². The average Bonchev–Trinajstić information content (AvgIpc) is 2.94. The molecular formula is C18H23N7. The molecule has 3 heterocycles. The number of nitrogens with zero attached hydrogens (tertiary/aromatic N) is 4.